The highest BCUT2D eigenvalue weighted by molar-refractivity contribution is 7.16. The molecule has 2 heterocycles. The lowest BCUT2D eigenvalue weighted by atomic mass is 10.1. The summed E-state index contributed by atoms with van der Waals surface area (Å²) >= 11 is 1.29. The second kappa shape index (κ2) is 6.44. The summed E-state index contributed by atoms with van der Waals surface area (Å²) in [5.41, 5.74) is 0.876. The van der Waals surface area contributed by atoms with Gasteiger partial charge in [0.15, 0.2) is 0 Å². The highest BCUT2D eigenvalue weighted by Crippen LogP contribution is 2.32. The molecule has 2 rings (SSSR count). The van der Waals surface area contributed by atoms with Gasteiger partial charge in [0.25, 0.3) is 0 Å². The molecule has 0 radical (unpaired) electrons. The number of nitrogens with one attached hydrogen (secondary N) is 1. The van der Waals surface area contributed by atoms with Crippen LogP contribution in [-0.2, 0) is 4.74 Å². The summed E-state index contributed by atoms with van der Waals surface area (Å²) in [6.07, 6.45) is 2.05. The molecule has 0 spiro atoms. The predicted molar refractivity (Wildman–Crippen MR) is 81.4 cm³/mol. The monoisotopic (exact) mass is 312 g/mol. The minimum absolute atomic E-state index is 0.0755. The molecule has 1 atom stereocenters. The van der Waals surface area contributed by atoms with Crippen LogP contribution in [0.3, 0.4) is 0 Å². The van der Waals surface area contributed by atoms with Crippen LogP contribution >= 0.6 is 11.3 Å². The van der Waals surface area contributed by atoms with E-state index >= 15 is 0 Å². The normalized spacial score (nSPS) is 17.8. The number of carbonyl (C=O) groups excluding carboxylic acids is 1. The van der Waals surface area contributed by atoms with Crippen molar-refractivity contribution in [2.45, 2.75) is 32.8 Å². The van der Waals surface area contributed by atoms with Crippen LogP contribution in [0.2, 0.25) is 0 Å². The van der Waals surface area contributed by atoms with Gasteiger partial charge in [0.05, 0.1) is 11.7 Å². The first kappa shape index (κ1) is 15.8. The molecule has 1 unspecified atom stereocenters. The highest BCUT2D eigenvalue weighted by Gasteiger charge is 2.23. The van der Waals surface area contributed by atoms with E-state index in [-0.39, 0.29) is 17.7 Å². The summed E-state index contributed by atoms with van der Waals surface area (Å²) in [5, 5.41) is 12.3. The van der Waals surface area contributed by atoms with Gasteiger partial charge in [-0.3, -0.25) is 5.32 Å². The lowest BCUT2D eigenvalue weighted by molar-refractivity contribution is 0.0697. The zero-order valence-electron chi connectivity index (χ0n) is 12.4. The predicted octanol–water partition coefficient (Wildman–Crippen LogP) is 2.71. The average Bonchev–Trinajstić information content (AvgIpc) is 2.99. The quantitative estimate of drug-likeness (QED) is 0.896. The molecule has 2 amide bonds. The molecule has 0 saturated carbocycles. The van der Waals surface area contributed by atoms with Crippen LogP contribution in [-0.4, -0.2) is 48.3 Å². The van der Waals surface area contributed by atoms with Crippen molar-refractivity contribution in [1.82, 2.24) is 4.90 Å². The van der Waals surface area contributed by atoms with Gasteiger partial charge in [0.1, 0.15) is 5.00 Å². The number of urea groups is 1. The molecule has 1 fully saturated rings. The number of amides is 2. The number of nitrogens with zero attached hydrogens (tertiary/aromatic N) is 1. The van der Waals surface area contributed by atoms with Gasteiger partial charge in [0.2, 0.25) is 0 Å². The number of hydrogen-bond donors (Lipinski definition) is 2. The Balaban J connectivity index is 2.05. The molecule has 0 aliphatic carbocycles. The number of aromatic carboxylic acids is 1. The number of ether oxygens (including phenoxy) is 1. The van der Waals surface area contributed by atoms with Gasteiger partial charge in [-0.25, -0.2) is 9.59 Å². The molecule has 1 aromatic heterocycles. The Hall–Kier alpha value is -1.60. The summed E-state index contributed by atoms with van der Waals surface area (Å²) in [5.74, 6) is -1.02. The SMILES string of the molecule is Cc1sc(NC(=O)N(C)CC2CCCO2)c(C(=O)O)c1C. The van der Waals surface area contributed by atoms with E-state index < -0.39 is 5.97 Å². The third-order valence-electron chi connectivity index (χ3n) is 3.67. The highest BCUT2D eigenvalue weighted by atomic mass is 32.1. The summed E-state index contributed by atoms with van der Waals surface area (Å²) in [6.45, 7) is 4.85. The van der Waals surface area contributed by atoms with Crippen LogP contribution in [0.15, 0.2) is 0 Å². The van der Waals surface area contributed by atoms with Crippen LogP contribution in [0.4, 0.5) is 9.80 Å². The van der Waals surface area contributed by atoms with E-state index in [0.717, 1.165) is 24.3 Å². The minimum Gasteiger partial charge on any atom is -0.478 e. The molecule has 2 N–H and O–H groups in total. The van der Waals surface area contributed by atoms with E-state index in [1.54, 1.807) is 14.0 Å². The summed E-state index contributed by atoms with van der Waals surface area (Å²) in [4.78, 5) is 25.9. The third kappa shape index (κ3) is 3.54. The van der Waals surface area contributed by atoms with E-state index in [1.807, 2.05) is 6.92 Å². The summed E-state index contributed by atoms with van der Waals surface area (Å²) in [7, 11) is 1.69. The molecule has 1 saturated heterocycles. The van der Waals surface area contributed by atoms with Crippen molar-refractivity contribution in [3.63, 3.8) is 0 Å². The summed E-state index contributed by atoms with van der Waals surface area (Å²) in [6, 6.07) is -0.311. The van der Waals surface area contributed by atoms with Crippen molar-refractivity contribution in [1.29, 1.82) is 0 Å². The van der Waals surface area contributed by atoms with Crippen LogP contribution in [0, 0.1) is 13.8 Å². The van der Waals surface area contributed by atoms with Gasteiger partial charge in [-0.2, -0.15) is 0 Å². The van der Waals surface area contributed by atoms with Crippen LogP contribution < -0.4 is 5.32 Å². The van der Waals surface area contributed by atoms with Gasteiger partial charge in [0, 0.05) is 25.1 Å². The van der Waals surface area contributed by atoms with Crippen LogP contribution in [0.25, 0.3) is 0 Å². The molecule has 0 aromatic carbocycles. The van der Waals surface area contributed by atoms with E-state index in [4.69, 9.17) is 4.74 Å². The van der Waals surface area contributed by atoms with Crippen molar-refractivity contribution in [2.24, 2.45) is 0 Å². The fourth-order valence-electron chi connectivity index (χ4n) is 2.34. The second-order valence-electron chi connectivity index (χ2n) is 5.24. The van der Waals surface area contributed by atoms with Crippen LogP contribution in [0.5, 0.6) is 0 Å². The lowest BCUT2D eigenvalue weighted by Crippen LogP contribution is -2.37. The molecule has 1 aromatic rings. The largest absolute Gasteiger partial charge is 0.478 e. The van der Waals surface area contributed by atoms with Gasteiger partial charge >= 0.3 is 12.0 Å². The Morgan fingerprint density at radius 1 is 1.48 bits per heavy atom. The van der Waals surface area contributed by atoms with Gasteiger partial charge in [-0.05, 0) is 32.3 Å². The first-order valence-electron chi connectivity index (χ1n) is 6.87. The molecule has 7 heteroatoms. The van der Waals surface area contributed by atoms with Gasteiger partial charge < -0.3 is 14.7 Å². The Morgan fingerprint density at radius 3 is 2.76 bits per heavy atom. The molecule has 1 aliphatic rings. The van der Waals surface area contributed by atoms with Crippen molar-refractivity contribution >= 4 is 28.3 Å². The zero-order valence-corrected chi connectivity index (χ0v) is 13.2. The number of carboxylic acid groups (broad SMARTS) is 1. The molecule has 1 aliphatic heterocycles. The fraction of sp³-hybridized carbons (Fsp3) is 0.571. The Morgan fingerprint density at radius 2 is 2.19 bits per heavy atom. The smallest absolute Gasteiger partial charge is 0.338 e. The number of thiophene rings is 1. The molecule has 116 valence electrons. The number of anilines is 1. The Kier molecular flexibility index (Phi) is 4.84. The number of carboxylic acids is 1. The van der Waals surface area contributed by atoms with Gasteiger partial charge in [-0.1, -0.05) is 0 Å². The second-order valence-corrected chi connectivity index (χ2v) is 6.46. The van der Waals surface area contributed by atoms with E-state index in [0.29, 0.717) is 17.1 Å². The van der Waals surface area contributed by atoms with E-state index in [2.05, 4.69) is 5.32 Å². The number of likely N-dealkylation sites (N-methyl/N-ethyl adjacent to an activating group) is 1. The maximum Gasteiger partial charge on any atom is 0.338 e. The maximum absolute atomic E-state index is 12.2. The number of carbonyl (C=O) groups is 2. The van der Waals surface area contributed by atoms with Crippen molar-refractivity contribution in [2.75, 3.05) is 25.5 Å². The van der Waals surface area contributed by atoms with E-state index in [9.17, 15) is 14.7 Å². The molecule has 0 bridgehead atoms. The average molecular weight is 312 g/mol. The Labute approximate surface area is 127 Å². The fourth-order valence-corrected chi connectivity index (χ4v) is 3.38. The van der Waals surface area contributed by atoms with Gasteiger partial charge in [-0.15, -0.1) is 11.3 Å². The topological polar surface area (TPSA) is 78.9 Å². The third-order valence-corrected chi connectivity index (χ3v) is 4.79. The Bertz CT molecular complexity index is 549. The molecule has 6 nitrogen and oxygen atoms in total. The molecular weight excluding hydrogens is 292 g/mol. The van der Waals surface area contributed by atoms with Crippen molar-refractivity contribution in [3.8, 4) is 0 Å². The maximum atomic E-state index is 12.2. The van der Waals surface area contributed by atoms with E-state index in [1.165, 1.54) is 16.2 Å². The summed E-state index contributed by atoms with van der Waals surface area (Å²) < 4.78 is 5.50. The van der Waals surface area contributed by atoms with Crippen LogP contribution in [0.1, 0.15) is 33.6 Å². The van der Waals surface area contributed by atoms with Crippen molar-refractivity contribution < 1.29 is 19.4 Å². The molecule has 21 heavy (non-hydrogen) atoms. The first-order chi connectivity index (χ1) is 9.90. The van der Waals surface area contributed by atoms with Crippen molar-refractivity contribution in [3.05, 3.63) is 16.0 Å². The zero-order chi connectivity index (χ0) is 15.6. The minimum atomic E-state index is -1.02. The lowest BCUT2D eigenvalue weighted by Gasteiger charge is -2.21. The number of hydrogen-bond acceptors (Lipinski definition) is 4. The first-order valence-corrected chi connectivity index (χ1v) is 7.68. The molecular formula is C14H20N2O4S. The number of rotatable bonds is 4. The number of aryl methyl sites for hydroxylation is 1. The standard InChI is InChI=1S/C14H20N2O4S/c1-8-9(2)21-12(11(8)13(17)18)15-14(19)16(3)7-10-5-4-6-20-10/h10H,4-7H2,1-3H3,(H,15,19)(H,17,18).